The largest absolute Gasteiger partial charge is 0.366 e. The van der Waals surface area contributed by atoms with Crippen LogP contribution in [0.25, 0.3) is 10.9 Å². The van der Waals surface area contributed by atoms with Gasteiger partial charge in [0.1, 0.15) is 12.4 Å². The Morgan fingerprint density at radius 3 is 3.12 bits per heavy atom. The van der Waals surface area contributed by atoms with E-state index in [0.29, 0.717) is 25.3 Å². The first-order chi connectivity index (χ1) is 12.3. The standard InChI is InChI=1S/C18H19N5O2/c1-2-22-12-20-21-17(22)16-11-23(9-10-25-16)18(24)14-5-3-7-15-13(14)6-4-8-19-15/h3-8,12,16H,2,9-11H2,1H3/t16-/m0/s1. The molecular formula is C18H19N5O2. The lowest BCUT2D eigenvalue weighted by atomic mass is 10.1. The molecule has 1 fully saturated rings. The fourth-order valence-corrected chi connectivity index (χ4v) is 3.21. The van der Waals surface area contributed by atoms with Gasteiger partial charge in [0, 0.05) is 30.2 Å². The Hall–Kier alpha value is -2.80. The minimum atomic E-state index is -0.256. The van der Waals surface area contributed by atoms with E-state index in [1.807, 2.05) is 46.7 Å². The topological polar surface area (TPSA) is 73.1 Å². The number of hydrogen-bond acceptors (Lipinski definition) is 5. The summed E-state index contributed by atoms with van der Waals surface area (Å²) in [5.41, 5.74) is 1.49. The minimum Gasteiger partial charge on any atom is -0.366 e. The number of carbonyl (C=O) groups excluding carboxylic acids is 1. The fourth-order valence-electron chi connectivity index (χ4n) is 3.21. The molecule has 3 heterocycles. The summed E-state index contributed by atoms with van der Waals surface area (Å²) in [6.07, 6.45) is 3.17. The maximum Gasteiger partial charge on any atom is 0.254 e. The van der Waals surface area contributed by atoms with E-state index in [2.05, 4.69) is 15.2 Å². The molecule has 0 radical (unpaired) electrons. The predicted octanol–water partition coefficient (Wildman–Crippen LogP) is 2.06. The molecule has 0 bridgehead atoms. The molecule has 1 aliphatic heterocycles. The van der Waals surface area contributed by atoms with Gasteiger partial charge in [-0.2, -0.15) is 0 Å². The second-order valence-corrected chi connectivity index (χ2v) is 5.96. The van der Waals surface area contributed by atoms with Gasteiger partial charge >= 0.3 is 0 Å². The zero-order chi connectivity index (χ0) is 17.2. The number of fused-ring (bicyclic) bond motifs is 1. The zero-order valence-corrected chi connectivity index (χ0v) is 14.0. The molecule has 1 atom stereocenters. The van der Waals surface area contributed by atoms with E-state index in [9.17, 15) is 4.79 Å². The Kier molecular flexibility index (Phi) is 4.15. The van der Waals surface area contributed by atoms with Gasteiger partial charge in [0.15, 0.2) is 5.82 Å². The number of hydrogen-bond donors (Lipinski definition) is 0. The lowest BCUT2D eigenvalue weighted by Gasteiger charge is -2.32. The first-order valence-corrected chi connectivity index (χ1v) is 8.40. The van der Waals surface area contributed by atoms with Crippen molar-refractivity contribution in [3.05, 3.63) is 54.2 Å². The van der Waals surface area contributed by atoms with Gasteiger partial charge in [-0.3, -0.25) is 9.78 Å². The van der Waals surface area contributed by atoms with Crippen LogP contribution in [0.1, 0.15) is 29.2 Å². The van der Waals surface area contributed by atoms with Crippen LogP contribution >= 0.6 is 0 Å². The van der Waals surface area contributed by atoms with Crippen molar-refractivity contribution in [3.8, 4) is 0 Å². The quantitative estimate of drug-likeness (QED) is 0.731. The number of morpholine rings is 1. The number of ether oxygens (including phenoxy) is 1. The average Bonchev–Trinajstić information content (AvgIpc) is 3.16. The molecule has 3 aromatic rings. The molecule has 1 aliphatic rings. The van der Waals surface area contributed by atoms with E-state index in [0.717, 1.165) is 23.3 Å². The van der Waals surface area contributed by atoms with Crippen molar-refractivity contribution >= 4 is 16.8 Å². The number of benzene rings is 1. The zero-order valence-electron chi connectivity index (χ0n) is 14.0. The smallest absolute Gasteiger partial charge is 0.254 e. The van der Waals surface area contributed by atoms with Gasteiger partial charge in [0.25, 0.3) is 5.91 Å². The van der Waals surface area contributed by atoms with Crippen molar-refractivity contribution in [2.75, 3.05) is 19.7 Å². The Labute approximate surface area is 145 Å². The van der Waals surface area contributed by atoms with E-state index in [-0.39, 0.29) is 12.0 Å². The molecule has 7 heteroatoms. The Bertz CT molecular complexity index is 902. The molecule has 0 unspecified atom stereocenters. The molecule has 25 heavy (non-hydrogen) atoms. The summed E-state index contributed by atoms with van der Waals surface area (Å²) >= 11 is 0. The van der Waals surface area contributed by atoms with Gasteiger partial charge in [-0.1, -0.05) is 12.1 Å². The first kappa shape index (κ1) is 15.7. The predicted molar refractivity (Wildman–Crippen MR) is 92.0 cm³/mol. The maximum atomic E-state index is 13.1. The number of pyridine rings is 1. The Morgan fingerprint density at radius 2 is 2.24 bits per heavy atom. The molecule has 1 aromatic carbocycles. The lowest BCUT2D eigenvalue weighted by Crippen LogP contribution is -2.43. The van der Waals surface area contributed by atoms with Crippen LogP contribution in [0.15, 0.2) is 42.9 Å². The van der Waals surface area contributed by atoms with Crippen LogP contribution in [-0.2, 0) is 11.3 Å². The third-order valence-electron chi connectivity index (χ3n) is 4.50. The minimum absolute atomic E-state index is 0.00513. The van der Waals surface area contributed by atoms with Crippen molar-refractivity contribution in [2.45, 2.75) is 19.6 Å². The van der Waals surface area contributed by atoms with Crippen LogP contribution in [-0.4, -0.2) is 50.3 Å². The number of aryl methyl sites for hydroxylation is 1. The van der Waals surface area contributed by atoms with Crippen LogP contribution in [0, 0.1) is 0 Å². The molecule has 7 nitrogen and oxygen atoms in total. The fraction of sp³-hybridized carbons (Fsp3) is 0.333. The van der Waals surface area contributed by atoms with E-state index < -0.39 is 0 Å². The Morgan fingerprint density at radius 1 is 1.32 bits per heavy atom. The number of rotatable bonds is 3. The average molecular weight is 337 g/mol. The third-order valence-corrected chi connectivity index (χ3v) is 4.50. The number of nitrogens with zero attached hydrogens (tertiary/aromatic N) is 5. The van der Waals surface area contributed by atoms with Crippen LogP contribution in [0.5, 0.6) is 0 Å². The second kappa shape index (κ2) is 6.60. The maximum absolute atomic E-state index is 13.1. The van der Waals surface area contributed by atoms with E-state index >= 15 is 0 Å². The summed E-state index contributed by atoms with van der Waals surface area (Å²) in [5, 5.41) is 9.00. The van der Waals surface area contributed by atoms with Crippen LogP contribution < -0.4 is 0 Å². The molecule has 0 aliphatic carbocycles. The van der Waals surface area contributed by atoms with E-state index in [4.69, 9.17) is 4.74 Å². The van der Waals surface area contributed by atoms with Crippen LogP contribution in [0.4, 0.5) is 0 Å². The molecule has 1 amide bonds. The normalized spacial score (nSPS) is 17.8. The molecular weight excluding hydrogens is 318 g/mol. The van der Waals surface area contributed by atoms with E-state index in [1.165, 1.54) is 0 Å². The van der Waals surface area contributed by atoms with Crippen molar-refractivity contribution in [1.29, 1.82) is 0 Å². The highest BCUT2D eigenvalue weighted by molar-refractivity contribution is 6.06. The first-order valence-electron chi connectivity index (χ1n) is 8.40. The van der Waals surface area contributed by atoms with Crippen LogP contribution in [0.3, 0.4) is 0 Å². The van der Waals surface area contributed by atoms with Crippen molar-refractivity contribution < 1.29 is 9.53 Å². The van der Waals surface area contributed by atoms with E-state index in [1.54, 1.807) is 12.5 Å². The summed E-state index contributed by atoms with van der Waals surface area (Å²) in [7, 11) is 0. The second-order valence-electron chi connectivity index (χ2n) is 5.96. The van der Waals surface area contributed by atoms with Gasteiger partial charge in [-0.25, -0.2) is 0 Å². The van der Waals surface area contributed by atoms with Gasteiger partial charge in [0.05, 0.1) is 18.7 Å². The third kappa shape index (κ3) is 2.87. The summed E-state index contributed by atoms with van der Waals surface area (Å²) in [5.74, 6) is 0.758. The highest BCUT2D eigenvalue weighted by atomic mass is 16.5. The van der Waals surface area contributed by atoms with Gasteiger partial charge < -0.3 is 14.2 Å². The monoisotopic (exact) mass is 337 g/mol. The van der Waals surface area contributed by atoms with Crippen molar-refractivity contribution in [3.63, 3.8) is 0 Å². The SMILES string of the molecule is CCn1cnnc1[C@@H]1CN(C(=O)c2cccc3ncccc23)CCO1. The molecule has 4 rings (SSSR count). The van der Waals surface area contributed by atoms with Gasteiger partial charge in [-0.15, -0.1) is 10.2 Å². The number of amides is 1. The van der Waals surface area contributed by atoms with Gasteiger partial charge in [0.2, 0.25) is 0 Å². The van der Waals surface area contributed by atoms with Crippen LogP contribution in [0.2, 0.25) is 0 Å². The number of aromatic nitrogens is 4. The molecule has 128 valence electrons. The summed E-state index contributed by atoms with van der Waals surface area (Å²) < 4.78 is 7.78. The number of carbonyl (C=O) groups is 1. The molecule has 0 saturated carbocycles. The van der Waals surface area contributed by atoms with Crippen molar-refractivity contribution in [2.24, 2.45) is 0 Å². The lowest BCUT2D eigenvalue weighted by molar-refractivity contribution is -0.0283. The highest BCUT2D eigenvalue weighted by Crippen LogP contribution is 2.24. The van der Waals surface area contributed by atoms with Gasteiger partial charge in [-0.05, 0) is 25.1 Å². The highest BCUT2D eigenvalue weighted by Gasteiger charge is 2.29. The Balaban J connectivity index is 1.62. The molecule has 1 saturated heterocycles. The van der Waals surface area contributed by atoms with Crippen molar-refractivity contribution in [1.82, 2.24) is 24.6 Å². The molecule has 2 aromatic heterocycles. The summed E-state index contributed by atoms with van der Waals surface area (Å²) in [6.45, 7) is 4.31. The summed E-state index contributed by atoms with van der Waals surface area (Å²) in [6, 6.07) is 9.42. The molecule has 0 N–H and O–H groups in total. The molecule has 0 spiro atoms. The summed E-state index contributed by atoms with van der Waals surface area (Å²) in [4.78, 5) is 19.2.